The lowest BCUT2D eigenvalue weighted by molar-refractivity contribution is 0.0642. The zero-order valence-corrected chi connectivity index (χ0v) is 12.2. The summed E-state index contributed by atoms with van der Waals surface area (Å²) in [6.45, 7) is 2.06. The SMILES string of the molecule is N#CCN1CCN(C(=O)c2c(F)cc(Br)cc2F)CC1. The van der Waals surface area contributed by atoms with E-state index >= 15 is 0 Å². The van der Waals surface area contributed by atoms with Crippen molar-refractivity contribution in [2.75, 3.05) is 32.7 Å². The molecule has 20 heavy (non-hydrogen) atoms. The first-order valence-electron chi connectivity index (χ1n) is 6.06. The van der Waals surface area contributed by atoms with Gasteiger partial charge in [-0.25, -0.2) is 8.78 Å². The minimum absolute atomic E-state index is 0.253. The first kappa shape index (κ1) is 14.9. The summed E-state index contributed by atoms with van der Waals surface area (Å²) in [5.74, 6) is -2.40. The quantitative estimate of drug-likeness (QED) is 0.771. The summed E-state index contributed by atoms with van der Waals surface area (Å²) in [5, 5.41) is 8.59. The molecule has 1 aliphatic heterocycles. The summed E-state index contributed by atoms with van der Waals surface area (Å²) >= 11 is 2.98. The van der Waals surface area contributed by atoms with E-state index in [9.17, 15) is 13.6 Å². The summed E-state index contributed by atoms with van der Waals surface area (Å²) in [7, 11) is 0. The van der Waals surface area contributed by atoms with Crippen LogP contribution in [0.2, 0.25) is 0 Å². The van der Waals surface area contributed by atoms with Gasteiger partial charge in [-0.15, -0.1) is 0 Å². The van der Waals surface area contributed by atoms with Crippen molar-refractivity contribution in [3.05, 3.63) is 33.8 Å². The lowest BCUT2D eigenvalue weighted by Crippen LogP contribution is -2.49. The molecule has 1 aromatic rings. The molecule has 0 aromatic heterocycles. The number of carbonyl (C=O) groups excluding carboxylic acids is 1. The molecular weight excluding hydrogens is 332 g/mol. The van der Waals surface area contributed by atoms with Crippen molar-refractivity contribution < 1.29 is 13.6 Å². The number of nitriles is 1. The second-order valence-electron chi connectivity index (χ2n) is 4.47. The molecule has 4 nitrogen and oxygen atoms in total. The maximum atomic E-state index is 13.7. The molecule has 2 rings (SSSR count). The van der Waals surface area contributed by atoms with Gasteiger partial charge in [0.25, 0.3) is 5.91 Å². The first-order valence-corrected chi connectivity index (χ1v) is 6.85. The van der Waals surface area contributed by atoms with Gasteiger partial charge in [-0.2, -0.15) is 5.26 Å². The van der Waals surface area contributed by atoms with Gasteiger partial charge in [0.15, 0.2) is 0 Å². The predicted molar refractivity (Wildman–Crippen MR) is 72.0 cm³/mol. The van der Waals surface area contributed by atoms with E-state index < -0.39 is 23.1 Å². The van der Waals surface area contributed by atoms with Crippen LogP contribution in [0.3, 0.4) is 0 Å². The Labute approximate surface area is 123 Å². The van der Waals surface area contributed by atoms with Gasteiger partial charge >= 0.3 is 0 Å². The number of hydrogen-bond acceptors (Lipinski definition) is 3. The summed E-state index contributed by atoms with van der Waals surface area (Å²) in [4.78, 5) is 15.5. The highest BCUT2D eigenvalue weighted by Crippen LogP contribution is 2.21. The van der Waals surface area contributed by atoms with Crippen LogP contribution in [0.1, 0.15) is 10.4 Å². The topological polar surface area (TPSA) is 47.3 Å². The van der Waals surface area contributed by atoms with Crippen LogP contribution in [-0.2, 0) is 0 Å². The lowest BCUT2D eigenvalue weighted by Gasteiger charge is -2.33. The van der Waals surface area contributed by atoms with Gasteiger partial charge in [-0.3, -0.25) is 9.69 Å². The Morgan fingerprint density at radius 1 is 1.25 bits per heavy atom. The van der Waals surface area contributed by atoms with Crippen molar-refractivity contribution in [1.82, 2.24) is 9.80 Å². The van der Waals surface area contributed by atoms with Crippen LogP contribution < -0.4 is 0 Å². The minimum Gasteiger partial charge on any atom is -0.336 e. The molecule has 7 heteroatoms. The first-order chi connectivity index (χ1) is 9.52. The monoisotopic (exact) mass is 343 g/mol. The highest BCUT2D eigenvalue weighted by molar-refractivity contribution is 9.10. The fraction of sp³-hybridized carbons (Fsp3) is 0.385. The van der Waals surface area contributed by atoms with Crippen LogP contribution in [-0.4, -0.2) is 48.4 Å². The van der Waals surface area contributed by atoms with Crippen LogP contribution in [0.4, 0.5) is 8.78 Å². The Bertz CT molecular complexity index is 542. The Kier molecular flexibility index (Phi) is 4.68. The molecule has 0 radical (unpaired) electrons. The van der Waals surface area contributed by atoms with E-state index in [0.29, 0.717) is 32.7 Å². The van der Waals surface area contributed by atoms with Crippen LogP contribution in [0, 0.1) is 23.0 Å². The van der Waals surface area contributed by atoms with E-state index in [2.05, 4.69) is 15.9 Å². The maximum Gasteiger partial charge on any atom is 0.259 e. The van der Waals surface area contributed by atoms with Crippen LogP contribution in [0.15, 0.2) is 16.6 Å². The smallest absolute Gasteiger partial charge is 0.259 e. The van der Waals surface area contributed by atoms with E-state index in [4.69, 9.17) is 5.26 Å². The van der Waals surface area contributed by atoms with Gasteiger partial charge in [0.05, 0.1) is 12.6 Å². The number of rotatable bonds is 2. The molecule has 0 aliphatic carbocycles. The molecule has 106 valence electrons. The fourth-order valence-electron chi connectivity index (χ4n) is 2.11. The van der Waals surface area contributed by atoms with E-state index in [0.717, 1.165) is 12.1 Å². The Balaban J connectivity index is 2.12. The molecule has 0 N–H and O–H groups in total. The Morgan fingerprint density at radius 3 is 2.30 bits per heavy atom. The molecule has 1 amide bonds. The molecule has 1 heterocycles. The number of benzene rings is 1. The van der Waals surface area contributed by atoms with Crippen LogP contribution in [0.25, 0.3) is 0 Å². The molecular formula is C13H12BrF2N3O. The van der Waals surface area contributed by atoms with Gasteiger partial charge in [-0.05, 0) is 12.1 Å². The van der Waals surface area contributed by atoms with Crippen molar-refractivity contribution in [3.8, 4) is 6.07 Å². The molecule has 0 spiro atoms. The number of carbonyl (C=O) groups is 1. The zero-order chi connectivity index (χ0) is 14.7. The predicted octanol–water partition coefficient (Wildman–Crippen LogP) is 2.01. The second-order valence-corrected chi connectivity index (χ2v) is 5.39. The van der Waals surface area contributed by atoms with Crippen molar-refractivity contribution in [2.45, 2.75) is 0 Å². The van der Waals surface area contributed by atoms with Gasteiger partial charge in [0.2, 0.25) is 0 Å². The molecule has 0 bridgehead atoms. The molecule has 1 aliphatic rings. The summed E-state index contributed by atoms with van der Waals surface area (Å²) in [5.41, 5.74) is -0.526. The van der Waals surface area contributed by atoms with E-state index in [1.165, 1.54) is 4.90 Å². The van der Waals surface area contributed by atoms with E-state index in [1.54, 1.807) is 0 Å². The number of nitrogens with zero attached hydrogens (tertiary/aromatic N) is 3. The molecule has 0 unspecified atom stereocenters. The number of halogens is 3. The average molecular weight is 344 g/mol. The average Bonchev–Trinajstić information content (AvgIpc) is 2.38. The lowest BCUT2D eigenvalue weighted by atomic mass is 10.1. The molecule has 0 saturated carbocycles. The number of hydrogen-bond donors (Lipinski definition) is 0. The molecule has 1 saturated heterocycles. The Hall–Kier alpha value is -1.52. The molecule has 1 fully saturated rings. The summed E-state index contributed by atoms with van der Waals surface area (Å²) in [6, 6.07) is 4.18. The maximum absolute atomic E-state index is 13.7. The third kappa shape index (κ3) is 3.14. The van der Waals surface area contributed by atoms with Crippen LogP contribution in [0.5, 0.6) is 0 Å². The Morgan fingerprint density at radius 2 is 1.80 bits per heavy atom. The molecule has 1 aromatic carbocycles. The van der Waals surface area contributed by atoms with Crippen molar-refractivity contribution in [2.24, 2.45) is 0 Å². The van der Waals surface area contributed by atoms with Crippen molar-refractivity contribution in [1.29, 1.82) is 5.26 Å². The fourth-order valence-corrected chi connectivity index (χ4v) is 2.52. The summed E-state index contributed by atoms with van der Waals surface area (Å²) < 4.78 is 27.7. The largest absolute Gasteiger partial charge is 0.336 e. The van der Waals surface area contributed by atoms with Crippen molar-refractivity contribution in [3.63, 3.8) is 0 Å². The van der Waals surface area contributed by atoms with Gasteiger partial charge < -0.3 is 4.90 Å². The molecule has 0 atom stereocenters. The zero-order valence-electron chi connectivity index (χ0n) is 10.6. The van der Waals surface area contributed by atoms with E-state index in [1.807, 2.05) is 11.0 Å². The highest BCUT2D eigenvalue weighted by atomic mass is 79.9. The minimum atomic E-state index is -0.874. The number of piperazine rings is 1. The highest BCUT2D eigenvalue weighted by Gasteiger charge is 2.26. The normalized spacial score (nSPS) is 16.0. The van der Waals surface area contributed by atoms with Crippen molar-refractivity contribution >= 4 is 21.8 Å². The standard InChI is InChI=1S/C13H12BrF2N3O/c14-9-7-10(15)12(11(16)8-9)13(20)19-5-3-18(2-1-17)4-6-19/h7-8H,2-6H2. The van der Waals surface area contributed by atoms with Gasteiger partial charge in [-0.1, -0.05) is 15.9 Å². The second kappa shape index (κ2) is 6.29. The number of amides is 1. The van der Waals surface area contributed by atoms with E-state index in [-0.39, 0.29) is 4.47 Å². The van der Waals surface area contributed by atoms with Gasteiger partial charge in [0, 0.05) is 30.7 Å². The third-order valence-electron chi connectivity index (χ3n) is 3.17. The summed E-state index contributed by atoms with van der Waals surface area (Å²) in [6.07, 6.45) is 0. The van der Waals surface area contributed by atoms with Crippen LogP contribution >= 0.6 is 15.9 Å². The van der Waals surface area contributed by atoms with Gasteiger partial charge in [0.1, 0.15) is 17.2 Å². The third-order valence-corrected chi connectivity index (χ3v) is 3.63.